The summed E-state index contributed by atoms with van der Waals surface area (Å²) in [5.41, 5.74) is 0. The molecular weight excluding hydrogens is 186 g/mol. The smallest absolute Gasteiger partial charge is 0.189 e. The summed E-state index contributed by atoms with van der Waals surface area (Å²) in [5, 5.41) is 9.80. The van der Waals surface area contributed by atoms with Gasteiger partial charge in [0, 0.05) is 6.42 Å². The maximum absolute atomic E-state index is 9.80. The molecule has 92 valence electrons. The highest BCUT2D eigenvalue weighted by molar-refractivity contribution is 4.47. The van der Waals surface area contributed by atoms with Crippen LogP contribution in [-0.4, -0.2) is 37.0 Å². The van der Waals surface area contributed by atoms with E-state index < -0.39 is 0 Å². The van der Waals surface area contributed by atoms with E-state index in [1.807, 2.05) is 21.1 Å². The minimum Gasteiger partial charge on any atom is -0.345 e. The van der Waals surface area contributed by atoms with Crippen molar-refractivity contribution in [2.75, 3.05) is 21.1 Å². The lowest BCUT2D eigenvalue weighted by Crippen LogP contribution is -2.44. The second-order valence-corrected chi connectivity index (χ2v) is 5.51. The largest absolute Gasteiger partial charge is 0.345 e. The molecule has 0 aromatic heterocycles. The molecule has 0 saturated heterocycles. The molecule has 0 aliphatic carbocycles. The van der Waals surface area contributed by atoms with E-state index in [9.17, 15) is 5.11 Å². The molecule has 15 heavy (non-hydrogen) atoms. The van der Waals surface area contributed by atoms with Crippen molar-refractivity contribution in [1.82, 2.24) is 0 Å². The van der Waals surface area contributed by atoms with Crippen molar-refractivity contribution in [3.63, 3.8) is 0 Å². The average molecular weight is 216 g/mol. The zero-order chi connectivity index (χ0) is 11.7. The molecule has 0 fully saturated rings. The van der Waals surface area contributed by atoms with Gasteiger partial charge in [0.15, 0.2) is 6.23 Å². The Balaban J connectivity index is 3.24. The number of hydrogen-bond donors (Lipinski definition) is 1. The lowest BCUT2D eigenvalue weighted by molar-refractivity contribution is -0.919. The molecule has 1 unspecified atom stereocenters. The van der Waals surface area contributed by atoms with Crippen molar-refractivity contribution < 1.29 is 9.59 Å². The minimum atomic E-state index is -0.194. The van der Waals surface area contributed by atoms with Gasteiger partial charge in [-0.2, -0.15) is 0 Å². The summed E-state index contributed by atoms with van der Waals surface area (Å²) in [4.78, 5) is 0. The topological polar surface area (TPSA) is 20.2 Å². The molecule has 0 aromatic carbocycles. The molecule has 0 amide bonds. The predicted molar refractivity (Wildman–Crippen MR) is 66.6 cm³/mol. The molecule has 1 N–H and O–H groups in total. The Morgan fingerprint density at radius 2 is 1.33 bits per heavy atom. The van der Waals surface area contributed by atoms with Gasteiger partial charge >= 0.3 is 0 Å². The van der Waals surface area contributed by atoms with Gasteiger partial charge in [-0.05, 0) is 6.42 Å². The molecule has 2 nitrogen and oxygen atoms in total. The Hall–Kier alpha value is -0.0800. The van der Waals surface area contributed by atoms with Crippen molar-refractivity contribution in [3.8, 4) is 0 Å². The molecule has 2 heteroatoms. The summed E-state index contributed by atoms with van der Waals surface area (Å²) < 4.78 is 0.663. The number of nitrogens with zero attached hydrogens (tertiary/aromatic N) is 1. The number of unbranched alkanes of at least 4 members (excludes halogenated alkanes) is 6. The Bertz CT molecular complexity index is 140. The number of aliphatic hydroxyl groups excluding tert-OH is 1. The van der Waals surface area contributed by atoms with Crippen molar-refractivity contribution in [3.05, 3.63) is 0 Å². The van der Waals surface area contributed by atoms with E-state index in [-0.39, 0.29) is 6.23 Å². The molecule has 0 rings (SSSR count). The lowest BCUT2D eigenvalue weighted by Gasteiger charge is -2.29. The van der Waals surface area contributed by atoms with Crippen LogP contribution in [0.3, 0.4) is 0 Å². The van der Waals surface area contributed by atoms with Gasteiger partial charge in [0.25, 0.3) is 0 Å². The maximum Gasteiger partial charge on any atom is 0.189 e. The molecule has 0 heterocycles. The van der Waals surface area contributed by atoms with Crippen LogP contribution in [0.25, 0.3) is 0 Å². The van der Waals surface area contributed by atoms with E-state index in [2.05, 4.69) is 6.92 Å². The minimum absolute atomic E-state index is 0.194. The maximum atomic E-state index is 9.80. The molecule has 0 bridgehead atoms. The van der Waals surface area contributed by atoms with E-state index in [1.54, 1.807) is 0 Å². The van der Waals surface area contributed by atoms with Gasteiger partial charge in [0.2, 0.25) is 0 Å². The van der Waals surface area contributed by atoms with Crippen LogP contribution in [0.4, 0.5) is 0 Å². The van der Waals surface area contributed by atoms with Crippen molar-refractivity contribution in [2.45, 2.75) is 64.5 Å². The molecular formula is C13H30NO+. The van der Waals surface area contributed by atoms with Crippen molar-refractivity contribution >= 4 is 0 Å². The van der Waals surface area contributed by atoms with Crippen LogP contribution in [0.5, 0.6) is 0 Å². The Morgan fingerprint density at radius 1 is 0.867 bits per heavy atom. The van der Waals surface area contributed by atoms with Gasteiger partial charge in [0.05, 0.1) is 21.1 Å². The molecule has 0 saturated carbocycles. The summed E-state index contributed by atoms with van der Waals surface area (Å²) in [7, 11) is 6.14. The second-order valence-electron chi connectivity index (χ2n) is 5.51. The number of hydrogen-bond acceptors (Lipinski definition) is 1. The SMILES string of the molecule is CCCCCCCCCC(O)[N+](C)(C)C. The van der Waals surface area contributed by atoms with Crippen molar-refractivity contribution in [1.29, 1.82) is 0 Å². The summed E-state index contributed by atoms with van der Waals surface area (Å²) in [6.07, 6.45) is 9.98. The fourth-order valence-electron chi connectivity index (χ4n) is 1.67. The second kappa shape index (κ2) is 8.12. The first-order valence-electron chi connectivity index (χ1n) is 6.47. The molecule has 0 radical (unpaired) electrons. The third kappa shape index (κ3) is 8.88. The summed E-state index contributed by atoms with van der Waals surface area (Å²) in [5.74, 6) is 0. The van der Waals surface area contributed by atoms with E-state index in [4.69, 9.17) is 0 Å². The van der Waals surface area contributed by atoms with Crippen LogP contribution in [0.1, 0.15) is 58.3 Å². The Labute approximate surface area is 95.9 Å². The highest BCUT2D eigenvalue weighted by Crippen LogP contribution is 2.12. The molecule has 0 aromatic rings. The van der Waals surface area contributed by atoms with Crippen LogP contribution < -0.4 is 0 Å². The average Bonchev–Trinajstić information content (AvgIpc) is 2.14. The van der Waals surface area contributed by atoms with Gasteiger partial charge in [-0.15, -0.1) is 0 Å². The lowest BCUT2D eigenvalue weighted by atomic mass is 10.1. The fraction of sp³-hybridized carbons (Fsp3) is 1.00. The molecule has 0 aliphatic heterocycles. The van der Waals surface area contributed by atoms with Gasteiger partial charge < -0.3 is 9.59 Å². The van der Waals surface area contributed by atoms with Crippen molar-refractivity contribution in [2.24, 2.45) is 0 Å². The standard InChI is InChI=1S/C13H30NO/c1-5-6-7-8-9-10-11-12-13(15)14(2,3)4/h13,15H,5-12H2,1-4H3/q+1. The first-order chi connectivity index (χ1) is 6.98. The number of aliphatic hydroxyl groups is 1. The van der Waals surface area contributed by atoms with Crippen LogP contribution in [0.15, 0.2) is 0 Å². The monoisotopic (exact) mass is 216 g/mol. The van der Waals surface area contributed by atoms with Gasteiger partial charge in [-0.1, -0.05) is 45.4 Å². The van der Waals surface area contributed by atoms with Gasteiger partial charge in [0.1, 0.15) is 0 Å². The molecule has 1 atom stereocenters. The zero-order valence-corrected chi connectivity index (χ0v) is 11.1. The first kappa shape index (κ1) is 14.9. The van der Waals surface area contributed by atoms with E-state index in [0.29, 0.717) is 4.48 Å². The van der Waals surface area contributed by atoms with Crippen LogP contribution in [0, 0.1) is 0 Å². The quantitative estimate of drug-likeness (QED) is 0.357. The molecule has 0 spiro atoms. The van der Waals surface area contributed by atoms with Crippen LogP contribution in [-0.2, 0) is 0 Å². The zero-order valence-electron chi connectivity index (χ0n) is 11.1. The third-order valence-electron chi connectivity index (χ3n) is 2.96. The third-order valence-corrected chi connectivity index (χ3v) is 2.96. The predicted octanol–water partition coefficient (Wildman–Crippen LogP) is 3.15. The highest BCUT2D eigenvalue weighted by atomic mass is 16.3. The number of quaternary nitrogens is 1. The van der Waals surface area contributed by atoms with Gasteiger partial charge in [-0.25, -0.2) is 0 Å². The summed E-state index contributed by atoms with van der Waals surface area (Å²) >= 11 is 0. The number of rotatable bonds is 9. The van der Waals surface area contributed by atoms with Crippen LogP contribution in [0.2, 0.25) is 0 Å². The van der Waals surface area contributed by atoms with E-state index in [0.717, 1.165) is 6.42 Å². The normalized spacial score (nSPS) is 14.2. The Kier molecular flexibility index (Phi) is 8.07. The molecule has 0 aliphatic rings. The van der Waals surface area contributed by atoms with Gasteiger partial charge in [-0.3, -0.25) is 0 Å². The Morgan fingerprint density at radius 3 is 1.80 bits per heavy atom. The van der Waals surface area contributed by atoms with Crippen LogP contribution >= 0.6 is 0 Å². The summed E-state index contributed by atoms with van der Waals surface area (Å²) in [6, 6.07) is 0. The highest BCUT2D eigenvalue weighted by Gasteiger charge is 2.18. The van der Waals surface area contributed by atoms with E-state index >= 15 is 0 Å². The first-order valence-corrected chi connectivity index (χ1v) is 6.47. The fourth-order valence-corrected chi connectivity index (χ4v) is 1.67. The summed E-state index contributed by atoms with van der Waals surface area (Å²) in [6.45, 7) is 2.25. The van der Waals surface area contributed by atoms with E-state index in [1.165, 1.54) is 44.9 Å².